The van der Waals surface area contributed by atoms with Crippen LogP contribution in [0.15, 0.2) is 12.1 Å². The molecule has 0 saturated carbocycles. The largest absolute Gasteiger partial charge is 0.481 e. The molecule has 0 aromatic heterocycles. The van der Waals surface area contributed by atoms with Crippen molar-refractivity contribution >= 4 is 11.9 Å². The first-order valence-electron chi connectivity index (χ1n) is 6.06. The topological polar surface area (TPSA) is 57.6 Å². The molecular weight excluding hydrogens is 275 g/mol. The van der Waals surface area contributed by atoms with E-state index in [1.54, 1.807) is 0 Å². The SMILES string of the molecule is O=C(O)C1CCN(C(=O)c2c(F)cc(F)cc2F)CC1. The fourth-order valence-corrected chi connectivity index (χ4v) is 2.23. The number of hydrogen-bond donors (Lipinski definition) is 1. The molecule has 0 radical (unpaired) electrons. The molecule has 7 heteroatoms. The third-order valence-electron chi connectivity index (χ3n) is 3.35. The van der Waals surface area contributed by atoms with Crippen LogP contribution in [-0.2, 0) is 4.79 Å². The van der Waals surface area contributed by atoms with E-state index in [9.17, 15) is 22.8 Å². The zero-order chi connectivity index (χ0) is 14.9. The van der Waals surface area contributed by atoms with Crippen molar-refractivity contribution in [3.8, 4) is 0 Å². The Balaban J connectivity index is 2.16. The number of halogens is 3. The van der Waals surface area contributed by atoms with Crippen molar-refractivity contribution in [2.75, 3.05) is 13.1 Å². The quantitative estimate of drug-likeness (QED) is 0.905. The van der Waals surface area contributed by atoms with Gasteiger partial charge in [0.25, 0.3) is 5.91 Å². The molecule has 0 bridgehead atoms. The molecule has 0 atom stereocenters. The molecule has 1 aliphatic rings. The molecule has 1 heterocycles. The number of rotatable bonds is 2. The molecule has 1 amide bonds. The predicted molar refractivity (Wildman–Crippen MR) is 62.6 cm³/mol. The van der Waals surface area contributed by atoms with Crippen LogP contribution < -0.4 is 0 Å². The van der Waals surface area contributed by atoms with E-state index in [0.29, 0.717) is 12.1 Å². The second-order valence-corrected chi connectivity index (χ2v) is 4.65. The molecule has 1 fully saturated rings. The number of carbonyl (C=O) groups excluding carboxylic acids is 1. The number of amides is 1. The van der Waals surface area contributed by atoms with Gasteiger partial charge in [0.2, 0.25) is 0 Å². The van der Waals surface area contributed by atoms with Crippen molar-refractivity contribution in [3.05, 3.63) is 35.1 Å². The Morgan fingerprint density at radius 2 is 1.60 bits per heavy atom. The van der Waals surface area contributed by atoms with Gasteiger partial charge in [0.15, 0.2) is 0 Å². The number of piperidine rings is 1. The minimum Gasteiger partial charge on any atom is -0.481 e. The number of carbonyl (C=O) groups is 2. The van der Waals surface area contributed by atoms with E-state index in [2.05, 4.69) is 0 Å². The molecule has 4 nitrogen and oxygen atoms in total. The first-order valence-corrected chi connectivity index (χ1v) is 6.06. The summed E-state index contributed by atoms with van der Waals surface area (Å²) in [7, 11) is 0. The Kier molecular flexibility index (Phi) is 3.96. The summed E-state index contributed by atoms with van der Waals surface area (Å²) in [4.78, 5) is 24.0. The Morgan fingerprint density at radius 1 is 1.10 bits per heavy atom. The van der Waals surface area contributed by atoms with Gasteiger partial charge in [-0.2, -0.15) is 0 Å². The molecule has 108 valence electrons. The number of hydrogen-bond acceptors (Lipinski definition) is 2. The Labute approximate surface area is 112 Å². The highest BCUT2D eigenvalue weighted by Crippen LogP contribution is 2.22. The summed E-state index contributed by atoms with van der Waals surface area (Å²) in [6, 6.07) is 0.890. The summed E-state index contributed by atoms with van der Waals surface area (Å²) in [6.07, 6.45) is 0.455. The lowest BCUT2D eigenvalue weighted by molar-refractivity contribution is -0.143. The first kappa shape index (κ1) is 14.4. The molecule has 1 N–H and O–H groups in total. The van der Waals surface area contributed by atoms with Gasteiger partial charge in [-0.1, -0.05) is 0 Å². The molecular formula is C13H12F3NO3. The van der Waals surface area contributed by atoms with Crippen molar-refractivity contribution in [3.63, 3.8) is 0 Å². The van der Waals surface area contributed by atoms with Crippen LogP contribution in [-0.4, -0.2) is 35.0 Å². The molecule has 1 aromatic carbocycles. The number of carboxylic acids is 1. The van der Waals surface area contributed by atoms with Crippen LogP contribution in [0.5, 0.6) is 0 Å². The molecule has 0 spiro atoms. The third kappa shape index (κ3) is 2.76. The summed E-state index contributed by atoms with van der Waals surface area (Å²) in [5.41, 5.74) is -0.805. The summed E-state index contributed by atoms with van der Waals surface area (Å²) < 4.78 is 39.8. The molecule has 2 rings (SSSR count). The fourth-order valence-electron chi connectivity index (χ4n) is 2.23. The van der Waals surface area contributed by atoms with E-state index in [1.807, 2.05) is 0 Å². The van der Waals surface area contributed by atoms with E-state index in [0.717, 1.165) is 0 Å². The second kappa shape index (κ2) is 5.52. The highest BCUT2D eigenvalue weighted by Gasteiger charge is 2.30. The van der Waals surface area contributed by atoms with Crippen LogP contribution in [0, 0.1) is 23.4 Å². The molecule has 1 aliphatic heterocycles. The molecule has 0 unspecified atom stereocenters. The van der Waals surface area contributed by atoms with Gasteiger partial charge in [-0.05, 0) is 12.8 Å². The predicted octanol–water partition coefficient (Wildman–Crippen LogP) is 2.04. The van der Waals surface area contributed by atoms with E-state index in [-0.39, 0.29) is 25.9 Å². The van der Waals surface area contributed by atoms with Crippen LogP contribution in [0.4, 0.5) is 13.2 Å². The minimum atomic E-state index is -1.26. The van der Waals surface area contributed by atoms with E-state index in [4.69, 9.17) is 5.11 Å². The summed E-state index contributed by atoms with van der Waals surface area (Å²) >= 11 is 0. The van der Waals surface area contributed by atoms with Gasteiger partial charge in [0.1, 0.15) is 23.0 Å². The van der Waals surface area contributed by atoms with Gasteiger partial charge in [0, 0.05) is 25.2 Å². The monoisotopic (exact) mass is 287 g/mol. The zero-order valence-corrected chi connectivity index (χ0v) is 10.4. The number of benzene rings is 1. The number of nitrogens with zero attached hydrogens (tertiary/aromatic N) is 1. The summed E-state index contributed by atoms with van der Waals surface area (Å²) in [5, 5.41) is 8.83. The van der Waals surface area contributed by atoms with Crippen molar-refractivity contribution < 1.29 is 27.9 Å². The van der Waals surface area contributed by atoms with E-state index in [1.165, 1.54) is 4.90 Å². The molecule has 1 saturated heterocycles. The highest BCUT2D eigenvalue weighted by molar-refractivity contribution is 5.95. The van der Waals surface area contributed by atoms with Crippen molar-refractivity contribution in [1.82, 2.24) is 4.90 Å². The average molecular weight is 287 g/mol. The normalized spacial score (nSPS) is 16.2. The lowest BCUT2D eigenvalue weighted by Gasteiger charge is -2.30. The summed E-state index contributed by atoms with van der Waals surface area (Å²) in [6.45, 7) is 0.206. The van der Waals surface area contributed by atoms with Crippen molar-refractivity contribution in [1.29, 1.82) is 0 Å². The van der Waals surface area contributed by atoms with Crippen molar-refractivity contribution in [2.45, 2.75) is 12.8 Å². The van der Waals surface area contributed by atoms with Crippen molar-refractivity contribution in [2.24, 2.45) is 5.92 Å². The van der Waals surface area contributed by atoms with E-state index >= 15 is 0 Å². The van der Waals surface area contributed by atoms with Crippen LogP contribution in [0.1, 0.15) is 23.2 Å². The number of carboxylic acid groups (broad SMARTS) is 1. The Morgan fingerprint density at radius 3 is 2.05 bits per heavy atom. The van der Waals surface area contributed by atoms with Gasteiger partial charge in [-0.25, -0.2) is 13.2 Å². The number of aliphatic carboxylic acids is 1. The lowest BCUT2D eigenvalue weighted by atomic mass is 9.96. The summed E-state index contributed by atoms with van der Waals surface area (Å²) in [5.74, 6) is -6.00. The third-order valence-corrected chi connectivity index (χ3v) is 3.35. The maximum absolute atomic E-state index is 13.5. The fraction of sp³-hybridized carbons (Fsp3) is 0.385. The number of likely N-dealkylation sites (tertiary alicyclic amines) is 1. The van der Waals surface area contributed by atoms with Crippen LogP contribution in [0.2, 0.25) is 0 Å². The molecule has 0 aliphatic carbocycles. The minimum absolute atomic E-state index is 0.103. The van der Waals surface area contributed by atoms with Gasteiger partial charge >= 0.3 is 5.97 Å². The Bertz CT molecular complexity index is 531. The van der Waals surface area contributed by atoms with Gasteiger partial charge in [0.05, 0.1) is 5.92 Å². The van der Waals surface area contributed by atoms with Crippen LogP contribution >= 0.6 is 0 Å². The van der Waals surface area contributed by atoms with Gasteiger partial charge in [-0.3, -0.25) is 9.59 Å². The maximum Gasteiger partial charge on any atom is 0.306 e. The molecule has 20 heavy (non-hydrogen) atoms. The van der Waals surface area contributed by atoms with Crippen LogP contribution in [0.25, 0.3) is 0 Å². The average Bonchev–Trinajstić information content (AvgIpc) is 2.37. The van der Waals surface area contributed by atoms with Gasteiger partial charge in [-0.15, -0.1) is 0 Å². The highest BCUT2D eigenvalue weighted by atomic mass is 19.1. The zero-order valence-electron chi connectivity index (χ0n) is 10.4. The smallest absolute Gasteiger partial charge is 0.306 e. The van der Waals surface area contributed by atoms with Crippen LogP contribution in [0.3, 0.4) is 0 Å². The van der Waals surface area contributed by atoms with E-state index < -0.39 is 40.8 Å². The molecule has 1 aromatic rings. The first-order chi connectivity index (χ1) is 9.40. The second-order valence-electron chi connectivity index (χ2n) is 4.65. The standard InChI is InChI=1S/C13H12F3NO3/c14-8-5-9(15)11(10(16)6-8)12(18)17-3-1-7(2-4-17)13(19)20/h5-7H,1-4H2,(H,19,20). The Hall–Kier alpha value is -2.05. The van der Waals surface area contributed by atoms with Gasteiger partial charge < -0.3 is 10.0 Å². The lowest BCUT2D eigenvalue weighted by Crippen LogP contribution is -2.40. The maximum atomic E-state index is 13.5.